The van der Waals surface area contributed by atoms with Gasteiger partial charge in [0.2, 0.25) is 5.91 Å². The minimum absolute atomic E-state index is 0.187. The summed E-state index contributed by atoms with van der Waals surface area (Å²) < 4.78 is 10.9. The molecule has 3 rings (SSSR count). The Morgan fingerprint density at radius 3 is 2.50 bits per heavy atom. The lowest BCUT2D eigenvalue weighted by atomic mass is 10.1. The Morgan fingerprint density at radius 2 is 1.87 bits per heavy atom. The molecule has 1 aliphatic rings. The summed E-state index contributed by atoms with van der Waals surface area (Å²) in [5.41, 5.74) is 3.34. The van der Waals surface area contributed by atoms with Gasteiger partial charge in [0.1, 0.15) is 0 Å². The van der Waals surface area contributed by atoms with Crippen LogP contribution in [-0.2, 0) is 17.9 Å². The number of rotatable bonds is 8. The van der Waals surface area contributed by atoms with Crippen LogP contribution in [0.4, 0.5) is 5.69 Å². The second-order valence-corrected chi connectivity index (χ2v) is 7.04. The first kappa shape index (κ1) is 21.5. The summed E-state index contributed by atoms with van der Waals surface area (Å²) in [6.45, 7) is 4.59. The van der Waals surface area contributed by atoms with Crippen LogP contribution in [0.1, 0.15) is 30.9 Å². The van der Waals surface area contributed by atoms with Gasteiger partial charge < -0.3 is 25.0 Å². The van der Waals surface area contributed by atoms with Crippen molar-refractivity contribution >= 4 is 17.6 Å². The average Bonchev–Trinajstić information content (AvgIpc) is 3.21. The van der Waals surface area contributed by atoms with Gasteiger partial charge in [-0.25, -0.2) is 0 Å². The van der Waals surface area contributed by atoms with E-state index in [-0.39, 0.29) is 5.91 Å². The van der Waals surface area contributed by atoms with E-state index in [1.807, 2.05) is 42.2 Å². The van der Waals surface area contributed by atoms with Gasteiger partial charge in [-0.3, -0.25) is 9.79 Å². The molecule has 0 saturated carbocycles. The minimum atomic E-state index is 0.187. The van der Waals surface area contributed by atoms with Gasteiger partial charge in [0, 0.05) is 44.9 Å². The molecular formula is C23H30N4O3. The lowest BCUT2D eigenvalue weighted by molar-refractivity contribution is -0.131. The van der Waals surface area contributed by atoms with Crippen molar-refractivity contribution in [1.29, 1.82) is 0 Å². The minimum Gasteiger partial charge on any atom is -0.493 e. The van der Waals surface area contributed by atoms with Crippen molar-refractivity contribution in [1.82, 2.24) is 10.2 Å². The summed E-state index contributed by atoms with van der Waals surface area (Å²) >= 11 is 0. The Balaban J connectivity index is 1.43. The maximum atomic E-state index is 12.5. The molecule has 0 spiro atoms. The third kappa shape index (κ3) is 5.43. The largest absolute Gasteiger partial charge is 0.493 e. The van der Waals surface area contributed by atoms with E-state index in [0.29, 0.717) is 50.1 Å². The van der Waals surface area contributed by atoms with Gasteiger partial charge in [-0.1, -0.05) is 24.3 Å². The van der Waals surface area contributed by atoms with Crippen LogP contribution in [0.25, 0.3) is 0 Å². The fraction of sp³-hybridized carbons (Fsp3) is 0.391. The van der Waals surface area contributed by atoms with Crippen molar-refractivity contribution in [3.05, 3.63) is 53.6 Å². The fourth-order valence-corrected chi connectivity index (χ4v) is 3.45. The summed E-state index contributed by atoms with van der Waals surface area (Å²) in [6.07, 6.45) is 1.24. The van der Waals surface area contributed by atoms with Gasteiger partial charge >= 0.3 is 0 Å². The van der Waals surface area contributed by atoms with E-state index in [1.165, 1.54) is 11.1 Å². The summed E-state index contributed by atoms with van der Waals surface area (Å²) in [5, 5.41) is 6.49. The number of fused-ring (bicyclic) bond motifs is 1. The molecular weight excluding hydrogens is 380 g/mol. The molecule has 2 aromatic carbocycles. The van der Waals surface area contributed by atoms with Crippen LogP contribution < -0.4 is 20.1 Å². The van der Waals surface area contributed by atoms with Crippen LogP contribution in [0.5, 0.6) is 11.5 Å². The number of guanidine groups is 1. The molecule has 2 aromatic rings. The van der Waals surface area contributed by atoms with E-state index in [2.05, 4.69) is 27.8 Å². The molecule has 7 heteroatoms. The molecule has 0 aromatic heterocycles. The Kier molecular flexibility index (Phi) is 7.54. The number of anilines is 1. The monoisotopic (exact) mass is 410 g/mol. The number of hydrogen-bond acceptors (Lipinski definition) is 4. The van der Waals surface area contributed by atoms with Gasteiger partial charge in [0.15, 0.2) is 17.5 Å². The van der Waals surface area contributed by atoms with Gasteiger partial charge in [0.05, 0.1) is 13.7 Å². The second-order valence-electron chi connectivity index (χ2n) is 7.04. The zero-order chi connectivity index (χ0) is 21.3. The molecule has 0 radical (unpaired) electrons. The first-order valence-electron chi connectivity index (χ1n) is 10.3. The third-order valence-corrected chi connectivity index (χ3v) is 5.00. The summed E-state index contributed by atoms with van der Waals surface area (Å²) in [5.74, 6) is 2.19. The van der Waals surface area contributed by atoms with E-state index in [9.17, 15) is 4.79 Å². The molecule has 0 fully saturated rings. The zero-order valence-electron chi connectivity index (χ0n) is 17.9. The number of amides is 1. The number of nitrogens with zero attached hydrogens (tertiary/aromatic N) is 2. The van der Waals surface area contributed by atoms with E-state index >= 15 is 0 Å². The molecule has 0 aliphatic carbocycles. The van der Waals surface area contributed by atoms with Crippen molar-refractivity contribution in [2.75, 3.05) is 32.6 Å². The number of nitrogens with one attached hydrogen (secondary N) is 2. The highest BCUT2D eigenvalue weighted by Gasteiger charge is 2.22. The average molecular weight is 411 g/mol. The van der Waals surface area contributed by atoms with Crippen LogP contribution in [0.3, 0.4) is 0 Å². The molecule has 0 unspecified atom stereocenters. The number of carbonyl (C=O) groups is 1. The molecule has 7 nitrogen and oxygen atoms in total. The van der Waals surface area contributed by atoms with E-state index in [1.54, 1.807) is 14.2 Å². The van der Waals surface area contributed by atoms with Crippen molar-refractivity contribution in [3.8, 4) is 11.5 Å². The highest BCUT2D eigenvalue weighted by Crippen LogP contribution is 2.30. The van der Waals surface area contributed by atoms with Crippen molar-refractivity contribution < 1.29 is 14.3 Å². The maximum absolute atomic E-state index is 12.5. The Hall–Kier alpha value is -3.22. The van der Waals surface area contributed by atoms with Crippen LogP contribution in [0, 0.1) is 0 Å². The van der Waals surface area contributed by atoms with Crippen LogP contribution in [0.15, 0.2) is 47.5 Å². The standard InChI is InChI=1S/C23H30N4O3/c1-4-30-20-12-11-19(14-21(20)29-3)26-23(24-2)25-13-7-10-22(28)27-15-17-8-5-6-9-18(17)16-27/h5-6,8-9,11-12,14H,4,7,10,13,15-16H2,1-3H3,(H2,24,25,26). The molecule has 30 heavy (non-hydrogen) atoms. The highest BCUT2D eigenvalue weighted by molar-refractivity contribution is 5.93. The number of ether oxygens (including phenoxy) is 2. The molecule has 1 amide bonds. The Labute approximate surface area is 178 Å². The van der Waals surface area contributed by atoms with Crippen molar-refractivity contribution in [2.24, 2.45) is 4.99 Å². The summed E-state index contributed by atoms with van der Waals surface area (Å²) in [6, 6.07) is 13.9. The van der Waals surface area contributed by atoms with E-state index < -0.39 is 0 Å². The zero-order valence-corrected chi connectivity index (χ0v) is 17.9. The van der Waals surface area contributed by atoms with Gasteiger partial charge in [-0.2, -0.15) is 0 Å². The Morgan fingerprint density at radius 1 is 1.13 bits per heavy atom. The van der Waals surface area contributed by atoms with Crippen LogP contribution in [0.2, 0.25) is 0 Å². The molecule has 0 bridgehead atoms. The third-order valence-electron chi connectivity index (χ3n) is 5.00. The smallest absolute Gasteiger partial charge is 0.223 e. The first-order chi connectivity index (χ1) is 14.6. The summed E-state index contributed by atoms with van der Waals surface area (Å²) in [7, 11) is 3.33. The Bertz CT molecular complexity index is 873. The molecule has 1 aliphatic heterocycles. The number of methoxy groups -OCH3 is 1. The topological polar surface area (TPSA) is 75.2 Å². The van der Waals surface area contributed by atoms with Crippen LogP contribution in [-0.4, -0.2) is 44.1 Å². The fourth-order valence-electron chi connectivity index (χ4n) is 3.45. The number of aliphatic imine (C=N–C) groups is 1. The molecule has 160 valence electrons. The predicted molar refractivity (Wildman–Crippen MR) is 119 cm³/mol. The van der Waals surface area contributed by atoms with Gasteiger partial charge in [-0.05, 0) is 36.6 Å². The molecule has 0 atom stereocenters. The molecule has 2 N–H and O–H groups in total. The number of carbonyl (C=O) groups excluding carboxylic acids is 1. The van der Waals surface area contributed by atoms with Gasteiger partial charge in [-0.15, -0.1) is 0 Å². The number of benzene rings is 2. The summed E-state index contributed by atoms with van der Waals surface area (Å²) in [4.78, 5) is 18.7. The first-order valence-corrected chi connectivity index (χ1v) is 10.3. The SMILES string of the molecule is CCOc1ccc(NC(=NC)NCCCC(=O)N2Cc3ccccc3C2)cc1OC. The molecule has 1 heterocycles. The van der Waals surface area contributed by atoms with E-state index in [4.69, 9.17) is 9.47 Å². The van der Waals surface area contributed by atoms with Crippen LogP contribution >= 0.6 is 0 Å². The van der Waals surface area contributed by atoms with Gasteiger partial charge in [0.25, 0.3) is 0 Å². The lowest BCUT2D eigenvalue weighted by Gasteiger charge is -2.16. The molecule has 0 saturated heterocycles. The van der Waals surface area contributed by atoms with E-state index in [0.717, 1.165) is 12.1 Å². The lowest BCUT2D eigenvalue weighted by Crippen LogP contribution is -2.32. The quantitative estimate of drug-likeness (QED) is 0.396. The number of hydrogen-bond donors (Lipinski definition) is 2. The second kappa shape index (κ2) is 10.5. The predicted octanol–water partition coefficient (Wildman–Crippen LogP) is 3.40. The highest BCUT2D eigenvalue weighted by atomic mass is 16.5. The normalized spacial score (nSPS) is 13.0. The maximum Gasteiger partial charge on any atom is 0.223 e. The van der Waals surface area contributed by atoms with Crippen molar-refractivity contribution in [3.63, 3.8) is 0 Å². The van der Waals surface area contributed by atoms with Crippen molar-refractivity contribution in [2.45, 2.75) is 32.9 Å².